The molecule has 0 aliphatic rings. The molecule has 0 saturated heterocycles. The summed E-state index contributed by atoms with van der Waals surface area (Å²) in [5.74, 6) is -0.357. The molecule has 204 valence electrons. The number of carbonyl (C=O) groups is 3. The van der Waals surface area contributed by atoms with Crippen LogP contribution in [0.5, 0.6) is 0 Å². The molecule has 0 bridgehead atoms. The summed E-state index contributed by atoms with van der Waals surface area (Å²) >= 11 is 0. The summed E-state index contributed by atoms with van der Waals surface area (Å²) in [6.07, 6.45) is 22.5. The van der Waals surface area contributed by atoms with Gasteiger partial charge in [0.05, 0.1) is 0 Å². The van der Waals surface area contributed by atoms with Crippen LogP contribution in [0.2, 0.25) is 0 Å². The zero-order valence-corrected chi connectivity index (χ0v) is 23.1. The van der Waals surface area contributed by atoms with E-state index in [4.69, 9.17) is 0 Å². The summed E-state index contributed by atoms with van der Waals surface area (Å²) in [6, 6.07) is -0.650. The molecule has 6 nitrogen and oxygen atoms in total. The minimum absolute atomic E-state index is 0.0652. The normalized spacial score (nSPS) is 12.0. The Morgan fingerprint density at radius 3 is 1.74 bits per heavy atom. The molecule has 0 unspecified atom stereocenters. The predicted octanol–water partition coefficient (Wildman–Crippen LogP) is 6.34. The third kappa shape index (κ3) is 22.4. The standard InChI is InChI=1S/C29H55N3O3/c1-4-7-10-11-12-13-14-15-16-17-18-19-20-21-28(34)32-26(29(35)31-25-9-6-3)22-23-27(33)30-24-8-5-2/h14-15,26H,4-13,16-25H2,1-3H3,(H,30,33)(H,31,35)(H,32,34)/b15-14+/t26-/m0/s1. The van der Waals surface area contributed by atoms with E-state index in [-0.39, 0.29) is 24.1 Å². The van der Waals surface area contributed by atoms with Gasteiger partial charge >= 0.3 is 0 Å². The molecule has 3 amide bonds. The number of nitrogens with one attached hydrogen (secondary N) is 3. The first-order chi connectivity index (χ1) is 17.0. The van der Waals surface area contributed by atoms with Crippen LogP contribution in [0.25, 0.3) is 0 Å². The highest BCUT2D eigenvalue weighted by Gasteiger charge is 2.21. The van der Waals surface area contributed by atoms with Gasteiger partial charge < -0.3 is 16.0 Å². The number of hydrogen-bond acceptors (Lipinski definition) is 3. The molecule has 0 aliphatic carbocycles. The van der Waals surface area contributed by atoms with Gasteiger partial charge in [-0.05, 0) is 51.4 Å². The van der Waals surface area contributed by atoms with Crippen LogP contribution < -0.4 is 16.0 Å². The van der Waals surface area contributed by atoms with Crippen molar-refractivity contribution in [2.75, 3.05) is 13.1 Å². The van der Waals surface area contributed by atoms with Gasteiger partial charge in [-0.25, -0.2) is 0 Å². The van der Waals surface area contributed by atoms with Gasteiger partial charge in [-0.3, -0.25) is 14.4 Å². The summed E-state index contributed by atoms with van der Waals surface area (Å²) in [6.45, 7) is 7.64. The second kappa shape index (κ2) is 25.2. The average Bonchev–Trinajstić information content (AvgIpc) is 2.84. The van der Waals surface area contributed by atoms with Crippen molar-refractivity contribution < 1.29 is 14.4 Å². The van der Waals surface area contributed by atoms with Crippen molar-refractivity contribution in [2.24, 2.45) is 0 Å². The van der Waals surface area contributed by atoms with Crippen molar-refractivity contribution in [1.82, 2.24) is 16.0 Å². The second-order valence-corrected chi connectivity index (χ2v) is 9.63. The van der Waals surface area contributed by atoms with E-state index >= 15 is 0 Å². The Bertz CT molecular complexity index is 563. The van der Waals surface area contributed by atoms with Gasteiger partial charge in [0.2, 0.25) is 17.7 Å². The van der Waals surface area contributed by atoms with Crippen LogP contribution in [0.15, 0.2) is 12.2 Å². The Morgan fingerprint density at radius 2 is 1.14 bits per heavy atom. The smallest absolute Gasteiger partial charge is 0.242 e. The highest BCUT2D eigenvalue weighted by Crippen LogP contribution is 2.09. The molecule has 6 heteroatoms. The van der Waals surface area contributed by atoms with E-state index in [1.54, 1.807) is 0 Å². The first-order valence-corrected chi connectivity index (χ1v) is 14.5. The molecule has 35 heavy (non-hydrogen) atoms. The Balaban J connectivity index is 4.12. The SMILES string of the molecule is CCCCCCC/C=C/CCCCCCC(=O)N[C@@H](CCC(=O)NCCCC)C(=O)NCCCC. The van der Waals surface area contributed by atoms with Crippen LogP contribution in [0.4, 0.5) is 0 Å². The maximum Gasteiger partial charge on any atom is 0.242 e. The molecule has 0 aliphatic heterocycles. The van der Waals surface area contributed by atoms with E-state index in [0.717, 1.165) is 57.8 Å². The Kier molecular flexibility index (Phi) is 23.9. The lowest BCUT2D eigenvalue weighted by Crippen LogP contribution is -2.47. The lowest BCUT2D eigenvalue weighted by molar-refractivity contribution is -0.129. The molecule has 0 radical (unpaired) electrons. The third-order valence-electron chi connectivity index (χ3n) is 6.16. The molecular weight excluding hydrogens is 438 g/mol. The maximum atomic E-state index is 12.6. The summed E-state index contributed by atoms with van der Waals surface area (Å²) in [5.41, 5.74) is 0. The van der Waals surface area contributed by atoms with Crippen molar-refractivity contribution in [3.05, 3.63) is 12.2 Å². The van der Waals surface area contributed by atoms with E-state index in [1.807, 2.05) is 0 Å². The van der Waals surface area contributed by atoms with Gasteiger partial charge in [0.1, 0.15) is 6.04 Å². The Morgan fingerprint density at radius 1 is 0.600 bits per heavy atom. The zero-order valence-electron chi connectivity index (χ0n) is 23.1. The fraction of sp³-hybridized carbons (Fsp3) is 0.828. The van der Waals surface area contributed by atoms with Crippen molar-refractivity contribution in [1.29, 1.82) is 0 Å². The molecular formula is C29H55N3O3. The quantitative estimate of drug-likeness (QED) is 0.108. The van der Waals surface area contributed by atoms with E-state index in [1.165, 1.54) is 38.5 Å². The number of rotatable bonds is 24. The summed E-state index contributed by atoms with van der Waals surface area (Å²) in [4.78, 5) is 37.0. The third-order valence-corrected chi connectivity index (χ3v) is 6.16. The average molecular weight is 494 g/mol. The minimum Gasteiger partial charge on any atom is -0.356 e. The predicted molar refractivity (Wildman–Crippen MR) is 147 cm³/mol. The monoisotopic (exact) mass is 493 g/mol. The number of amides is 3. The van der Waals surface area contributed by atoms with Crippen LogP contribution in [-0.4, -0.2) is 36.9 Å². The van der Waals surface area contributed by atoms with Crippen LogP contribution in [-0.2, 0) is 14.4 Å². The molecule has 0 aromatic carbocycles. The summed E-state index contributed by atoms with van der Waals surface area (Å²) < 4.78 is 0. The zero-order chi connectivity index (χ0) is 26.0. The lowest BCUT2D eigenvalue weighted by atomic mass is 10.1. The van der Waals surface area contributed by atoms with E-state index in [9.17, 15) is 14.4 Å². The van der Waals surface area contributed by atoms with Gasteiger partial charge in [0, 0.05) is 25.9 Å². The van der Waals surface area contributed by atoms with Crippen LogP contribution in [0.3, 0.4) is 0 Å². The number of allylic oxidation sites excluding steroid dienone is 2. The number of carbonyl (C=O) groups excluding carboxylic acids is 3. The van der Waals surface area contributed by atoms with Crippen molar-refractivity contribution in [2.45, 2.75) is 142 Å². The van der Waals surface area contributed by atoms with Gasteiger partial charge in [-0.15, -0.1) is 0 Å². The van der Waals surface area contributed by atoms with Crippen LogP contribution >= 0.6 is 0 Å². The summed E-state index contributed by atoms with van der Waals surface area (Å²) in [7, 11) is 0. The Hall–Kier alpha value is -1.85. The minimum atomic E-state index is -0.650. The fourth-order valence-corrected chi connectivity index (χ4v) is 3.82. The number of hydrogen-bond donors (Lipinski definition) is 3. The number of unbranched alkanes of at least 4 members (excludes halogenated alkanes) is 11. The van der Waals surface area contributed by atoms with Crippen molar-refractivity contribution in [3.8, 4) is 0 Å². The molecule has 0 aromatic rings. The first-order valence-electron chi connectivity index (χ1n) is 14.5. The highest BCUT2D eigenvalue weighted by atomic mass is 16.2. The first kappa shape index (κ1) is 33.1. The molecule has 1 atom stereocenters. The molecule has 0 saturated carbocycles. The lowest BCUT2D eigenvalue weighted by Gasteiger charge is -2.18. The van der Waals surface area contributed by atoms with Crippen LogP contribution in [0, 0.1) is 0 Å². The van der Waals surface area contributed by atoms with Gasteiger partial charge in [-0.1, -0.05) is 84.3 Å². The molecule has 0 fully saturated rings. The topological polar surface area (TPSA) is 87.3 Å². The fourth-order valence-electron chi connectivity index (χ4n) is 3.82. The van der Waals surface area contributed by atoms with Gasteiger partial charge in [0.25, 0.3) is 0 Å². The van der Waals surface area contributed by atoms with E-state index < -0.39 is 6.04 Å². The summed E-state index contributed by atoms with van der Waals surface area (Å²) in [5, 5.41) is 8.63. The molecule has 0 heterocycles. The Labute approximate surface area is 215 Å². The van der Waals surface area contributed by atoms with Crippen molar-refractivity contribution >= 4 is 17.7 Å². The van der Waals surface area contributed by atoms with Gasteiger partial charge in [0.15, 0.2) is 0 Å². The van der Waals surface area contributed by atoms with E-state index in [2.05, 4.69) is 48.9 Å². The molecule has 0 aromatic heterocycles. The van der Waals surface area contributed by atoms with Crippen molar-refractivity contribution in [3.63, 3.8) is 0 Å². The second-order valence-electron chi connectivity index (χ2n) is 9.63. The van der Waals surface area contributed by atoms with Crippen LogP contribution in [0.1, 0.15) is 136 Å². The molecule has 0 rings (SSSR count). The van der Waals surface area contributed by atoms with Gasteiger partial charge in [-0.2, -0.15) is 0 Å². The molecule has 3 N–H and O–H groups in total. The maximum absolute atomic E-state index is 12.6. The van der Waals surface area contributed by atoms with E-state index in [0.29, 0.717) is 25.9 Å². The largest absolute Gasteiger partial charge is 0.356 e. The highest BCUT2D eigenvalue weighted by molar-refractivity contribution is 5.88. The molecule has 0 spiro atoms.